The van der Waals surface area contributed by atoms with E-state index in [1.165, 1.54) is 24.0 Å². The topological polar surface area (TPSA) is 66.3 Å². The second kappa shape index (κ2) is 11.2. The van der Waals surface area contributed by atoms with Crippen LogP contribution in [-0.4, -0.2) is 38.8 Å². The van der Waals surface area contributed by atoms with Gasteiger partial charge in [0.05, 0.1) is 0 Å². The summed E-state index contributed by atoms with van der Waals surface area (Å²) in [6.45, 7) is 9.08. The van der Waals surface area contributed by atoms with Crippen LogP contribution in [0.25, 0.3) is 10.9 Å². The molecule has 4 aromatic rings. The number of pyridine rings is 2. The molecule has 1 fully saturated rings. The number of aromatic hydroxyl groups is 1. The standard InChI is InChI=1S/C28H27N3O2.C2H6/c1-19-6-4-7-20(12-19)13-21-14-22(18-31-10-2-3-11-31)16-24(15-21)27(32)26-28(33)25-23(17-30-26)8-5-9-29-25;1-2/h4-9,12,14-17,33H,2-3,10-11,13,18H2,1H3;1-2H3. The molecule has 3 heterocycles. The molecule has 0 saturated carbocycles. The molecule has 1 aliphatic rings. The number of likely N-dealkylation sites (tertiary alicyclic amines) is 1. The van der Waals surface area contributed by atoms with Crippen molar-refractivity contribution in [3.63, 3.8) is 0 Å². The van der Waals surface area contributed by atoms with Crippen molar-refractivity contribution in [1.82, 2.24) is 14.9 Å². The fourth-order valence-electron chi connectivity index (χ4n) is 4.67. The molecule has 1 N–H and O–H groups in total. The largest absolute Gasteiger partial charge is 0.504 e. The van der Waals surface area contributed by atoms with Crippen molar-refractivity contribution < 1.29 is 9.90 Å². The molecular formula is C30H33N3O2. The first-order valence-corrected chi connectivity index (χ1v) is 12.4. The predicted octanol–water partition coefficient (Wildman–Crippen LogP) is 6.09. The van der Waals surface area contributed by atoms with Crippen LogP contribution in [-0.2, 0) is 13.0 Å². The van der Waals surface area contributed by atoms with Gasteiger partial charge in [-0.2, -0.15) is 0 Å². The zero-order valence-electron chi connectivity index (χ0n) is 20.8. The van der Waals surface area contributed by atoms with Crippen LogP contribution >= 0.6 is 0 Å². The fourth-order valence-corrected chi connectivity index (χ4v) is 4.67. The molecule has 180 valence electrons. The van der Waals surface area contributed by atoms with Crippen LogP contribution in [0.4, 0.5) is 0 Å². The van der Waals surface area contributed by atoms with Crippen LogP contribution in [0, 0.1) is 6.92 Å². The summed E-state index contributed by atoms with van der Waals surface area (Å²) in [5.74, 6) is -0.447. The minimum Gasteiger partial charge on any atom is -0.504 e. The van der Waals surface area contributed by atoms with Crippen molar-refractivity contribution in [1.29, 1.82) is 0 Å². The number of ketones is 1. The minimum absolute atomic E-state index is 0.0426. The average Bonchev–Trinajstić information content (AvgIpc) is 3.38. The molecule has 0 bridgehead atoms. The molecule has 0 aliphatic carbocycles. The van der Waals surface area contributed by atoms with Crippen LogP contribution in [0.3, 0.4) is 0 Å². The van der Waals surface area contributed by atoms with Crippen molar-refractivity contribution in [2.24, 2.45) is 0 Å². The highest BCUT2D eigenvalue weighted by Gasteiger charge is 2.20. The Kier molecular flexibility index (Phi) is 7.88. The average molecular weight is 468 g/mol. The maximum atomic E-state index is 13.5. The lowest BCUT2D eigenvalue weighted by atomic mass is 9.96. The van der Waals surface area contributed by atoms with Crippen LogP contribution in [0.2, 0.25) is 0 Å². The van der Waals surface area contributed by atoms with Gasteiger partial charge >= 0.3 is 0 Å². The number of carbonyl (C=O) groups is 1. The maximum absolute atomic E-state index is 13.5. The summed E-state index contributed by atoms with van der Waals surface area (Å²) >= 11 is 0. The molecule has 1 saturated heterocycles. The number of hydrogen-bond acceptors (Lipinski definition) is 5. The Hall–Kier alpha value is -3.57. The Morgan fingerprint density at radius 3 is 2.49 bits per heavy atom. The molecule has 0 unspecified atom stereocenters. The predicted molar refractivity (Wildman–Crippen MR) is 141 cm³/mol. The summed E-state index contributed by atoms with van der Waals surface area (Å²) in [4.78, 5) is 24.4. The smallest absolute Gasteiger partial charge is 0.215 e. The lowest BCUT2D eigenvalue weighted by Gasteiger charge is -2.17. The Balaban J connectivity index is 0.00000141. The number of carbonyl (C=O) groups excluding carboxylic acids is 1. The normalized spacial score (nSPS) is 13.5. The van der Waals surface area contributed by atoms with Crippen molar-refractivity contribution in [3.8, 4) is 5.75 Å². The van der Waals surface area contributed by atoms with E-state index in [1.54, 1.807) is 18.5 Å². The first kappa shape index (κ1) is 24.6. The van der Waals surface area contributed by atoms with Crippen molar-refractivity contribution in [3.05, 3.63) is 101 Å². The number of hydrogen-bond donors (Lipinski definition) is 1. The molecular weight excluding hydrogens is 434 g/mol. The lowest BCUT2D eigenvalue weighted by Crippen LogP contribution is -2.19. The first-order valence-electron chi connectivity index (χ1n) is 12.4. The van der Waals surface area contributed by atoms with Gasteiger partial charge in [-0.3, -0.25) is 14.7 Å². The van der Waals surface area contributed by atoms with E-state index in [2.05, 4.69) is 52.1 Å². The fraction of sp³-hybridized carbons (Fsp3) is 0.300. The van der Waals surface area contributed by atoms with Gasteiger partial charge in [0.15, 0.2) is 11.4 Å². The summed E-state index contributed by atoms with van der Waals surface area (Å²) in [5, 5.41) is 11.5. The van der Waals surface area contributed by atoms with Gasteiger partial charge in [0, 0.05) is 29.9 Å². The lowest BCUT2D eigenvalue weighted by molar-refractivity contribution is 0.103. The zero-order chi connectivity index (χ0) is 24.8. The molecule has 0 radical (unpaired) electrons. The van der Waals surface area contributed by atoms with E-state index in [9.17, 15) is 9.90 Å². The quantitative estimate of drug-likeness (QED) is 0.348. The summed E-state index contributed by atoms with van der Waals surface area (Å²) < 4.78 is 0. The van der Waals surface area contributed by atoms with E-state index in [-0.39, 0.29) is 17.2 Å². The Bertz CT molecular complexity index is 1330. The molecule has 1 aliphatic heterocycles. The van der Waals surface area contributed by atoms with Crippen LogP contribution in [0.5, 0.6) is 5.75 Å². The van der Waals surface area contributed by atoms with E-state index >= 15 is 0 Å². The van der Waals surface area contributed by atoms with Gasteiger partial charge in [-0.15, -0.1) is 0 Å². The molecule has 5 rings (SSSR count). The van der Waals surface area contributed by atoms with Gasteiger partial charge in [0.25, 0.3) is 0 Å². The number of benzene rings is 2. The summed E-state index contributed by atoms with van der Waals surface area (Å²) in [6.07, 6.45) is 6.38. The van der Waals surface area contributed by atoms with Crippen LogP contribution < -0.4 is 0 Å². The van der Waals surface area contributed by atoms with Gasteiger partial charge in [-0.1, -0.05) is 49.7 Å². The summed E-state index contributed by atoms with van der Waals surface area (Å²) in [6, 6.07) is 18.1. The van der Waals surface area contributed by atoms with Crippen molar-refractivity contribution >= 4 is 16.7 Å². The molecule has 0 atom stereocenters. The van der Waals surface area contributed by atoms with Gasteiger partial charge in [0.2, 0.25) is 5.78 Å². The highest BCUT2D eigenvalue weighted by molar-refractivity contribution is 6.11. The van der Waals surface area contributed by atoms with E-state index < -0.39 is 0 Å². The first-order chi connectivity index (χ1) is 17.1. The van der Waals surface area contributed by atoms with Gasteiger partial charge in [-0.05, 0) is 80.2 Å². The van der Waals surface area contributed by atoms with Gasteiger partial charge < -0.3 is 5.11 Å². The third kappa shape index (κ3) is 5.75. The van der Waals surface area contributed by atoms with E-state index in [4.69, 9.17) is 0 Å². The molecule has 35 heavy (non-hydrogen) atoms. The number of rotatable bonds is 6. The Morgan fingerprint density at radius 2 is 1.71 bits per heavy atom. The number of aryl methyl sites for hydroxylation is 1. The summed E-state index contributed by atoms with van der Waals surface area (Å²) in [7, 11) is 0. The highest BCUT2D eigenvalue weighted by Crippen LogP contribution is 2.28. The SMILES string of the molecule is CC.Cc1cccc(Cc2cc(CN3CCCC3)cc(C(=O)c3ncc4cccnc4c3O)c2)c1. The summed E-state index contributed by atoms with van der Waals surface area (Å²) in [5.41, 5.74) is 5.61. The zero-order valence-corrected chi connectivity index (χ0v) is 20.8. The third-order valence-electron chi connectivity index (χ3n) is 6.25. The van der Waals surface area contributed by atoms with Gasteiger partial charge in [0.1, 0.15) is 5.52 Å². The van der Waals surface area contributed by atoms with Crippen LogP contribution in [0.15, 0.2) is 67.0 Å². The van der Waals surface area contributed by atoms with Crippen LogP contribution in [0.1, 0.15) is 65.0 Å². The number of fused-ring (bicyclic) bond motifs is 1. The Labute approximate surface area is 207 Å². The molecule has 0 spiro atoms. The molecule has 2 aromatic heterocycles. The van der Waals surface area contributed by atoms with E-state index in [1.807, 2.05) is 32.0 Å². The molecule has 5 nitrogen and oxygen atoms in total. The Morgan fingerprint density at radius 1 is 0.943 bits per heavy atom. The number of aromatic nitrogens is 2. The number of nitrogens with zero attached hydrogens (tertiary/aromatic N) is 3. The van der Waals surface area contributed by atoms with Crippen molar-refractivity contribution in [2.45, 2.75) is 46.6 Å². The van der Waals surface area contributed by atoms with E-state index in [0.717, 1.165) is 37.2 Å². The molecule has 2 aromatic carbocycles. The second-order valence-corrected chi connectivity index (χ2v) is 8.91. The molecule has 5 heteroatoms. The minimum atomic E-state index is -0.284. The highest BCUT2D eigenvalue weighted by atomic mass is 16.3. The second-order valence-electron chi connectivity index (χ2n) is 8.91. The van der Waals surface area contributed by atoms with E-state index in [0.29, 0.717) is 16.5 Å². The monoisotopic (exact) mass is 467 g/mol. The maximum Gasteiger partial charge on any atom is 0.215 e. The van der Waals surface area contributed by atoms with Gasteiger partial charge in [-0.25, -0.2) is 4.98 Å². The van der Waals surface area contributed by atoms with Crippen molar-refractivity contribution in [2.75, 3.05) is 13.1 Å². The third-order valence-corrected chi connectivity index (χ3v) is 6.25. The molecule has 0 amide bonds.